The molecule has 1 amide bonds. The molecule has 2 bridgehead atoms. The maximum atomic E-state index is 12.2. The molecule has 102 valence electrons. The molecule has 4 heteroatoms. The van der Waals surface area contributed by atoms with Crippen LogP contribution < -0.4 is 16.4 Å². The summed E-state index contributed by atoms with van der Waals surface area (Å²) < 4.78 is 0. The minimum atomic E-state index is 0.102. The summed E-state index contributed by atoms with van der Waals surface area (Å²) >= 11 is 0. The van der Waals surface area contributed by atoms with Gasteiger partial charge in [0.25, 0.3) is 0 Å². The van der Waals surface area contributed by atoms with E-state index >= 15 is 0 Å². The van der Waals surface area contributed by atoms with Gasteiger partial charge in [-0.2, -0.15) is 0 Å². The van der Waals surface area contributed by atoms with E-state index in [2.05, 4.69) is 10.6 Å². The lowest BCUT2D eigenvalue weighted by molar-refractivity contribution is -0.127. The Bertz CT molecular complexity index is 312. The van der Waals surface area contributed by atoms with Crippen LogP contribution in [0.1, 0.15) is 32.1 Å². The summed E-state index contributed by atoms with van der Waals surface area (Å²) in [6.45, 7) is 3.07. The second-order valence-corrected chi connectivity index (χ2v) is 6.37. The van der Waals surface area contributed by atoms with E-state index < -0.39 is 0 Å². The molecule has 0 aromatic heterocycles. The van der Waals surface area contributed by atoms with E-state index in [-0.39, 0.29) is 17.9 Å². The fourth-order valence-corrected chi connectivity index (χ4v) is 4.20. The van der Waals surface area contributed by atoms with Gasteiger partial charge in [-0.15, -0.1) is 0 Å². The highest BCUT2D eigenvalue weighted by atomic mass is 16.1. The predicted octanol–water partition coefficient (Wildman–Crippen LogP) is 0.476. The van der Waals surface area contributed by atoms with Crippen LogP contribution in [0.4, 0.5) is 0 Å². The Morgan fingerprint density at radius 2 is 2.11 bits per heavy atom. The van der Waals surface area contributed by atoms with Crippen molar-refractivity contribution >= 4 is 5.91 Å². The van der Waals surface area contributed by atoms with E-state index in [4.69, 9.17) is 5.73 Å². The van der Waals surface area contributed by atoms with Gasteiger partial charge in [-0.3, -0.25) is 4.79 Å². The number of carbonyl (C=O) groups excluding carboxylic acids is 1. The molecule has 1 heterocycles. The van der Waals surface area contributed by atoms with Gasteiger partial charge in [-0.1, -0.05) is 0 Å². The summed E-state index contributed by atoms with van der Waals surface area (Å²) in [5.74, 6) is 2.26. The highest BCUT2D eigenvalue weighted by molar-refractivity contribution is 5.80. The standard InChI is InChI=1S/C14H25N3O/c15-13-11-2-1-10(7-11)12(13)14(18)17-6-4-9-3-5-16-8-9/h9-13,16H,1-8,15H2,(H,17,18). The molecule has 3 fully saturated rings. The zero-order chi connectivity index (χ0) is 12.5. The van der Waals surface area contributed by atoms with Crippen LogP contribution in [0.5, 0.6) is 0 Å². The topological polar surface area (TPSA) is 67.2 Å². The van der Waals surface area contributed by atoms with E-state index in [0.29, 0.717) is 11.8 Å². The summed E-state index contributed by atoms with van der Waals surface area (Å²) in [5.41, 5.74) is 6.19. The van der Waals surface area contributed by atoms with E-state index in [1.165, 1.54) is 25.7 Å². The van der Waals surface area contributed by atoms with E-state index in [0.717, 1.165) is 32.0 Å². The quantitative estimate of drug-likeness (QED) is 0.680. The third kappa shape index (κ3) is 2.28. The van der Waals surface area contributed by atoms with Crippen molar-refractivity contribution in [3.63, 3.8) is 0 Å². The molecule has 1 aliphatic heterocycles. The lowest BCUT2D eigenvalue weighted by atomic mass is 9.84. The maximum absolute atomic E-state index is 12.2. The molecule has 3 aliphatic rings. The molecule has 4 N–H and O–H groups in total. The largest absolute Gasteiger partial charge is 0.356 e. The van der Waals surface area contributed by atoms with Crippen molar-refractivity contribution in [2.24, 2.45) is 29.4 Å². The molecule has 1 saturated heterocycles. The van der Waals surface area contributed by atoms with Crippen LogP contribution in [-0.2, 0) is 4.79 Å². The average molecular weight is 251 g/mol. The second kappa shape index (κ2) is 5.17. The molecule has 0 aromatic carbocycles. The molecule has 2 aliphatic carbocycles. The number of nitrogens with two attached hydrogens (primary N) is 1. The Morgan fingerprint density at radius 1 is 1.28 bits per heavy atom. The zero-order valence-electron chi connectivity index (χ0n) is 11.0. The summed E-state index contributed by atoms with van der Waals surface area (Å²) in [5, 5.41) is 6.48. The average Bonchev–Trinajstić information content (AvgIpc) is 3.03. The first-order valence-corrected chi connectivity index (χ1v) is 7.49. The number of hydrogen-bond acceptors (Lipinski definition) is 3. The van der Waals surface area contributed by atoms with Crippen molar-refractivity contribution in [1.82, 2.24) is 10.6 Å². The van der Waals surface area contributed by atoms with Crippen LogP contribution in [0, 0.1) is 23.7 Å². The molecule has 0 radical (unpaired) electrons. The molecule has 0 spiro atoms. The third-order valence-corrected chi connectivity index (χ3v) is 5.30. The molecular formula is C14H25N3O. The Balaban J connectivity index is 1.44. The first-order chi connectivity index (χ1) is 8.75. The molecule has 3 rings (SSSR count). The zero-order valence-corrected chi connectivity index (χ0v) is 11.0. The fraction of sp³-hybridized carbons (Fsp3) is 0.929. The Hall–Kier alpha value is -0.610. The predicted molar refractivity (Wildman–Crippen MR) is 70.9 cm³/mol. The minimum absolute atomic E-state index is 0.102. The van der Waals surface area contributed by atoms with Gasteiger partial charge in [0.1, 0.15) is 0 Å². The molecule has 2 saturated carbocycles. The van der Waals surface area contributed by atoms with Crippen molar-refractivity contribution in [2.45, 2.75) is 38.1 Å². The van der Waals surface area contributed by atoms with Gasteiger partial charge in [-0.05, 0) is 62.9 Å². The van der Waals surface area contributed by atoms with E-state index in [9.17, 15) is 4.79 Å². The van der Waals surface area contributed by atoms with Crippen LogP contribution >= 0.6 is 0 Å². The number of rotatable bonds is 4. The van der Waals surface area contributed by atoms with Gasteiger partial charge in [0.15, 0.2) is 0 Å². The molecule has 4 nitrogen and oxygen atoms in total. The van der Waals surface area contributed by atoms with Crippen molar-refractivity contribution in [3.8, 4) is 0 Å². The van der Waals surface area contributed by atoms with Crippen LogP contribution in [0.3, 0.4) is 0 Å². The van der Waals surface area contributed by atoms with Gasteiger partial charge in [-0.25, -0.2) is 0 Å². The summed E-state index contributed by atoms with van der Waals surface area (Å²) in [6.07, 6.45) is 6.00. The van der Waals surface area contributed by atoms with Gasteiger partial charge >= 0.3 is 0 Å². The van der Waals surface area contributed by atoms with Gasteiger partial charge in [0, 0.05) is 12.6 Å². The van der Waals surface area contributed by atoms with Crippen molar-refractivity contribution in [3.05, 3.63) is 0 Å². The van der Waals surface area contributed by atoms with E-state index in [1.54, 1.807) is 0 Å². The fourth-order valence-electron chi connectivity index (χ4n) is 4.20. The number of hydrogen-bond donors (Lipinski definition) is 3. The first-order valence-electron chi connectivity index (χ1n) is 7.49. The second-order valence-electron chi connectivity index (χ2n) is 6.37. The maximum Gasteiger partial charge on any atom is 0.224 e. The smallest absolute Gasteiger partial charge is 0.224 e. The Labute approximate surface area is 109 Å². The van der Waals surface area contributed by atoms with Gasteiger partial charge in [0.05, 0.1) is 5.92 Å². The Kier molecular flexibility index (Phi) is 3.57. The van der Waals surface area contributed by atoms with Crippen LogP contribution in [0.2, 0.25) is 0 Å². The van der Waals surface area contributed by atoms with Crippen molar-refractivity contribution < 1.29 is 4.79 Å². The number of amides is 1. The molecule has 5 atom stereocenters. The minimum Gasteiger partial charge on any atom is -0.356 e. The molecule has 0 aromatic rings. The van der Waals surface area contributed by atoms with Crippen LogP contribution in [0.15, 0.2) is 0 Å². The highest BCUT2D eigenvalue weighted by Gasteiger charge is 2.48. The number of nitrogens with one attached hydrogen (secondary N) is 2. The molecule has 5 unspecified atom stereocenters. The lowest BCUT2D eigenvalue weighted by Gasteiger charge is -2.27. The summed E-state index contributed by atoms with van der Waals surface area (Å²) in [4.78, 5) is 12.2. The number of carbonyl (C=O) groups is 1. The monoisotopic (exact) mass is 251 g/mol. The van der Waals surface area contributed by atoms with E-state index in [1.807, 2.05) is 0 Å². The van der Waals surface area contributed by atoms with Crippen molar-refractivity contribution in [2.75, 3.05) is 19.6 Å². The lowest BCUT2D eigenvalue weighted by Crippen LogP contribution is -2.45. The Morgan fingerprint density at radius 3 is 2.78 bits per heavy atom. The highest BCUT2D eigenvalue weighted by Crippen LogP contribution is 2.47. The summed E-state index contributed by atoms with van der Waals surface area (Å²) in [6, 6.07) is 0.122. The normalized spacial score (nSPS) is 42.4. The van der Waals surface area contributed by atoms with Gasteiger partial charge in [0.2, 0.25) is 5.91 Å². The number of fused-ring (bicyclic) bond motifs is 2. The van der Waals surface area contributed by atoms with Crippen LogP contribution in [0.25, 0.3) is 0 Å². The first kappa shape index (κ1) is 12.4. The summed E-state index contributed by atoms with van der Waals surface area (Å²) in [7, 11) is 0. The SMILES string of the molecule is NC1C2CCC(C2)C1C(=O)NCCC1CCNC1. The van der Waals surface area contributed by atoms with Gasteiger partial charge < -0.3 is 16.4 Å². The third-order valence-electron chi connectivity index (χ3n) is 5.30. The van der Waals surface area contributed by atoms with Crippen LogP contribution in [-0.4, -0.2) is 31.6 Å². The molecular weight excluding hydrogens is 226 g/mol. The molecule has 18 heavy (non-hydrogen) atoms. The van der Waals surface area contributed by atoms with Crippen molar-refractivity contribution in [1.29, 1.82) is 0 Å².